The molecule has 6 heteroatoms. The van der Waals surface area contributed by atoms with E-state index in [4.69, 9.17) is 16.7 Å². The number of oxime groups is 1. The highest BCUT2D eigenvalue weighted by Crippen LogP contribution is 2.48. The first-order chi connectivity index (χ1) is 9.04. The molecule has 0 bridgehead atoms. The Balaban J connectivity index is 1.90. The lowest BCUT2D eigenvalue weighted by Crippen LogP contribution is -2.23. The standard InChI is InChI=1S/C13H18N4O2/c14-11(17-19)7-13(5-6-13)8-16-10-3-1-9(2-4-10)12(15)18/h1-4,16,19H,5-8H2,(H2,14,17)(H2,15,18). The molecular weight excluding hydrogens is 244 g/mol. The number of carbonyl (C=O) groups is 1. The number of carbonyl (C=O) groups excluding carboxylic acids is 1. The Morgan fingerprint density at radius 3 is 2.42 bits per heavy atom. The van der Waals surface area contributed by atoms with E-state index in [0.717, 1.165) is 25.1 Å². The Bertz CT molecular complexity index is 492. The molecule has 1 aromatic rings. The van der Waals surface area contributed by atoms with Crippen molar-refractivity contribution in [3.8, 4) is 0 Å². The summed E-state index contributed by atoms with van der Waals surface area (Å²) in [4.78, 5) is 10.9. The van der Waals surface area contributed by atoms with Crippen LogP contribution >= 0.6 is 0 Å². The zero-order valence-electron chi connectivity index (χ0n) is 10.6. The molecule has 102 valence electrons. The third-order valence-electron chi connectivity index (χ3n) is 3.48. The number of rotatable bonds is 6. The molecular formula is C13H18N4O2. The Hall–Kier alpha value is -2.24. The molecule has 2 rings (SSSR count). The minimum absolute atomic E-state index is 0.0959. The van der Waals surface area contributed by atoms with Crippen LogP contribution in [-0.4, -0.2) is 23.5 Å². The Kier molecular flexibility index (Phi) is 3.59. The number of amides is 1. The fourth-order valence-electron chi connectivity index (χ4n) is 2.05. The van der Waals surface area contributed by atoms with Crippen molar-refractivity contribution in [2.24, 2.45) is 22.0 Å². The van der Waals surface area contributed by atoms with Crippen LogP contribution in [0, 0.1) is 5.41 Å². The molecule has 0 saturated heterocycles. The normalized spacial score (nSPS) is 16.9. The Morgan fingerprint density at radius 2 is 1.95 bits per heavy atom. The van der Waals surface area contributed by atoms with Crippen molar-refractivity contribution in [2.75, 3.05) is 11.9 Å². The second kappa shape index (κ2) is 5.17. The summed E-state index contributed by atoms with van der Waals surface area (Å²) in [6.45, 7) is 0.763. The van der Waals surface area contributed by atoms with Crippen molar-refractivity contribution in [1.29, 1.82) is 0 Å². The van der Waals surface area contributed by atoms with Gasteiger partial charge >= 0.3 is 0 Å². The van der Waals surface area contributed by atoms with Gasteiger partial charge in [0.15, 0.2) is 0 Å². The number of amidine groups is 1. The molecule has 1 saturated carbocycles. The molecule has 1 aliphatic rings. The highest BCUT2D eigenvalue weighted by molar-refractivity contribution is 5.93. The van der Waals surface area contributed by atoms with Crippen LogP contribution in [0.3, 0.4) is 0 Å². The molecule has 0 heterocycles. The van der Waals surface area contributed by atoms with Gasteiger partial charge in [0.2, 0.25) is 5.91 Å². The summed E-state index contributed by atoms with van der Waals surface area (Å²) in [5.41, 5.74) is 12.2. The monoisotopic (exact) mass is 262 g/mol. The van der Waals surface area contributed by atoms with Gasteiger partial charge in [-0.15, -0.1) is 0 Å². The van der Waals surface area contributed by atoms with E-state index in [1.165, 1.54) is 0 Å². The molecule has 0 radical (unpaired) electrons. The van der Waals surface area contributed by atoms with Gasteiger partial charge in [-0.05, 0) is 42.5 Å². The number of benzene rings is 1. The average molecular weight is 262 g/mol. The minimum atomic E-state index is -0.433. The van der Waals surface area contributed by atoms with Crippen molar-refractivity contribution < 1.29 is 10.0 Å². The fraction of sp³-hybridized carbons (Fsp3) is 0.385. The molecule has 1 aliphatic carbocycles. The first-order valence-corrected chi connectivity index (χ1v) is 6.15. The van der Waals surface area contributed by atoms with E-state index < -0.39 is 5.91 Å². The van der Waals surface area contributed by atoms with E-state index in [1.807, 2.05) is 12.1 Å². The summed E-state index contributed by atoms with van der Waals surface area (Å²) >= 11 is 0. The first-order valence-electron chi connectivity index (χ1n) is 6.15. The van der Waals surface area contributed by atoms with Gasteiger partial charge in [0.25, 0.3) is 0 Å². The molecule has 1 fully saturated rings. The van der Waals surface area contributed by atoms with Crippen molar-refractivity contribution in [1.82, 2.24) is 0 Å². The van der Waals surface area contributed by atoms with E-state index in [9.17, 15) is 4.79 Å². The third-order valence-corrected chi connectivity index (χ3v) is 3.48. The molecule has 0 unspecified atom stereocenters. The number of hydrogen-bond acceptors (Lipinski definition) is 4. The zero-order chi connectivity index (χ0) is 13.9. The van der Waals surface area contributed by atoms with Crippen molar-refractivity contribution in [2.45, 2.75) is 19.3 Å². The third kappa shape index (κ3) is 3.37. The summed E-state index contributed by atoms with van der Waals surface area (Å²) in [6.07, 6.45) is 2.72. The lowest BCUT2D eigenvalue weighted by molar-refractivity contribution is 0.100. The summed E-state index contributed by atoms with van der Waals surface area (Å²) in [7, 11) is 0. The topological polar surface area (TPSA) is 114 Å². The van der Waals surface area contributed by atoms with Gasteiger partial charge in [-0.2, -0.15) is 0 Å². The summed E-state index contributed by atoms with van der Waals surface area (Å²) < 4.78 is 0. The zero-order valence-corrected chi connectivity index (χ0v) is 10.6. The van der Waals surface area contributed by atoms with Crippen LogP contribution in [0.25, 0.3) is 0 Å². The lowest BCUT2D eigenvalue weighted by Gasteiger charge is -2.16. The summed E-state index contributed by atoms with van der Waals surface area (Å²) in [6, 6.07) is 7.01. The van der Waals surface area contributed by atoms with Crippen LogP contribution in [0.15, 0.2) is 29.4 Å². The van der Waals surface area contributed by atoms with Crippen LogP contribution in [0.4, 0.5) is 5.69 Å². The predicted molar refractivity (Wildman–Crippen MR) is 73.1 cm³/mol. The van der Waals surface area contributed by atoms with Crippen LogP contribution in [0.2, 0.25) is 0 Å². The fourth-order valence-corrected chi connectivity index (χ4v) is 2.05. The van der Waals surface area contributed by atoms with Crippen molar-refractivity contribution in [3.63, 3.8) is 0 Å². The highest BCUT2D eigenvalue weighted by atomic mass is 16.4. The molecule has 0 aromatic heterocycles. The second-order valence-corrected chi connectivity index (χ2v) is 5.06. The van der Waals surface area contributed by atoms with Crippen molar-refractivity contribution in [3.05, 3.63) is 29.8 Å². The number of nitrogens with two attached hydrogens (primary N) is 2. The van der Waals surface area contributed by atoms with Crippen LogP contribution in [-0.2, 0) is 0 Å². The minimum Gasteiger partial charge on any atom is -0.409 e. The maximum absolute atomic E-state index is 10.9. The van der Waals surface area contributed by atoms with E-state index >= 15 is 0 Å². The molecule has 0 aliphatic heterocycles. The van der Waals surface area contributed by atoms with E-state index in [0.29, 0.717) is 12.0 Å². The Morgan fingerprint density at radius 1 is 1.32 bits per heavy atom. The van der Waals surface area contributed by atoms with E-state index in [-0.39, 0.29) is 11.3 Å². The first kappa shape index (κ1) is 13.2. The smallest absolute Gasteiger partial charge is 0.248 e. The average Bonchev–Trinajstić information content (AvgIpc) is 3.17. The summed E-state index contributed by atoms with van der Waals surface area (Å²) in [5.74, 6) is -0.166. The SMILES string of the molecule is NC(=O)c1ccc(NCC2(CC(N)=NO)CC2)cc1. The molecule has 1 amide bonds. The van der Waals surface area contributed by atoms with Gasteiger partial charge in [0, 0.05) is 24.2 Å². The number of anilines is 1. The molecule has 6 nitrogen and oxygen atoms in total. The van der Waals surface area contributed by atoms with Gasteiger partial charge in [-0.25, -0.2) is 0 Å². The lowest BCUT2D eigenvalue weighted by atomic mass is 10.0. The maximum atomic E-state index is 10.9. The number of primary amides is 1. The van der Waals surface area contributed by atoms with Crippen LogP contribution in [0.1, 0.15) is 29.6 Å². The van der Waals surface area contributed by atoms with Gasteiger partial charge < -0.3 is 22.0 Å². The van der Waals surface area contributed by atoms with E-state index in [1.54, 1.807) is 12.1 Å². The molecule has 0 spiro atoms. The second-order valence-electron chi connectivity index (χ2n) is 5.06. The molecule has 0 atom stereocenters. The van der Waals surface area contributed by atoms with Gasteiger partial charge in [-0.3, -0.25) is 4.79 Å². The van der Waals surface area contributed by atoms with Crippen LogP contribution in [0.5, 0.6) is 0 Å². The molecule has 6 N–H and O–H groups in total. The summed E-state index contributed by atoms with van der Waals surface area (Å²) in [5, 5.41) is 14.9. The number of nitrogens with zero attached hydrogens (tertiary/aromatic N) is 1. The molecule has 1 aromatic carbocycles. The highest BCUT2D eigenvalue weighted by Gasteiger charge is 2.43. The quantitative estimate of drug-likeness (QED) is 0.266. The Labute approximate surface area is 111 Å². The van der Waals surface area contributed by atoms with Crippen molar-refractivity contribution >= 4 is 17.4 Å². The number of nitrogens with one attached hydrogen (secondary N) is 1. The molecule has 19 heavy (non-hydrogen) atoms. The van der Waals surface area contributed by atoms with E-state index in [2.05, 4.69) is 10.5 Å². The van der Waals surface area contributed by atoms with Gasteiger partial charge in [0.1, 0.15) is 5.84 Å². The van der Waals surface area contributed by atoms with Gasteiger partial charge in [-0.1, -0.05) is 5.16 Å². The maximum Gasteiger partial charge on any atom is 0.248 e. The van der Waals surface area contributed by atoms with Crippen LogP contribution < -0.4 is 16.8 Å². The number of hydrogen-bond donors (Lipinski definition) is 4. The predicted octanol–water partition coefficient (Wildman–Crippen LogP) is 1.11. The van der Waals surface area contributed by atoms with Gasteiger partial charge in [0.05, 0.1) is 0 Å². The largest absolute Gasteiger partial charge is 0.409 e.